The Hall–Kier alpha value is -2.08. The molecule has 0 aliphatic carbocycles. The number of nitrogens with one attached hydrogen (secondary N) is 1. The molecule has 1 N–H and O–H groups in total. The normalized spacial score (nSPS) is 25.3. The standard InChI is InChI=1S/C21H30N2O4/c1-15-5-3-6-16(2)23(15)20(24)14-27-18-10-8-17(9-11-18)21(25)22-13-19-7-4-12-26-19/h8-11,15-16,19H,3-7,12-14H2,1-2H3,(H,22,25)/t15-,16+,19-/m1/s1. The van der Waals surface area contributed by atoms with Crippen molar-refractivity contribution in [1.82, 2.24) is 10.2 Å². The van der Waals surface area contributed by atoms with Crippen molar-refractivity contribution in [2.24, 2.45) is 0 Å². The van der Waals surface area contributed by atoms with Gasteiger partial charge in [-0.05, 0) is 70.2 Å². The molecule has 6 nitrogen and oxygen atoms in total. The molecule has 27 heavy (non-hydrogen) atoms. The third-order valence-electron chi connectivity index (χ3n) is 5.47. The summed E-state index contributed by atoms with van der Waals surface area (Å²) in [6.07, 6.45) is 5.44. The van der Waals surface area contributed by atoms with E-state index in [4.69, 9.17) is 9.47 Å². The number of nitrogens with zero attached hydrogens (tertiary/aromatic N) is 1. The van der Waals surface area contributed by atoms with Gasteiger partial charge in [0.05, 0.1) is 6.10 Å². The molecule has 1 aromatic rings. The van der Waals surface area contributed by atoms with Crippen LogP contribution in [-0.4, -0.2) is 54.7 Å². The molecule has 2 heterocycles. The van der Waals surface area contributed by atoms with Gasteiger partial charge in [-0.15, -0.1) is 0 Å². The minimum Gasteiger partial charge on any atom is -0.484 e. The zero-order valence-corrected chi connectivity index (χ0v) is 16.3. The molecule has 0 spiro atoms. The lowest BCUT2D eigenvalue weighted by molar-refractivity contribution is -0.139. The first kappa shape index (κ1) is 19.7. The fourth-order valence-electron chi connectivity index (χ4n) is 3.95. The van der Waals surface area contributed by atoms with Gasteiger partial charge >= 0.3 is 0 Å². The molecule has 2 aliphatic rings. The second-order valence-electron chi connectivity index (χ2n) is 7.59. The molecule has 0 unspecified atom stereocenters. The highest BCUT2D eigenvalue weighted by atomic mass is 16.5. The Bertz CT molecular complexity index is 630. The van der Waals surface area contributed by atoms with Crippen LogP contribution in [0.1, 0.15) is 56.3 Å². The van der Waals surface area contributed by atoms with Crippen LogP contribution in [0.15, 0.2) is 24.3 Å². The quantitative estimate of drug-likeness (QED) is 0.831. The van der Waals surface area contributed by atoms with E-state index in [0.29, 0.717) is 17.9 Å². The fourth-order valence-corrected chi connectivity index (χ4v) is 3.95. The van der Waals surface area contributed by atoms with E-state index in [1.165, 1.54) is 6.42 Å². The summed E-state index contributed by atoms with van der Waals surface area (Å²) in [6.45, 7) is 5.53. The van der Waals surface area contributed by atoms with Crippen molar-refractivity contribution in [3.63, 3.8) is 0 Å². The van der Waals surface area contributed by atoms with Gasteiger partial charge in [-0.25, -0.2) is 0 Å². The van der Waals surface area contributed by atoms with Gasteiger partial charge in [-0.2, -0.15) is 0 Å². The lowest BCUT2D eigenvalue weighted by Crippen LogP contribution is -2.49. The lowest BCUT2D eigenvalue weighted by Gasteiger charge is -2.38. The van der Waals surface area contributed by atoms with E-state index >= 15 is 0 Å². The number of carbonyl (C=O) groups is 2. The fraction of sp³-hybridized carbons (Fsp3) is 0.619. The summed E-state index contributed by atoms with van der Waals surface area (Å²) in [5.74, 6) is 0.494. The number of likely N-dealkylation sites (tertiary alicyclic amines) is 1. The number of carbonyl (C=O) groups excluding carboxylic acids is 2. The van der Waals surface area contributed by atoms with Crippen molar-refractivity contribution < 1.29 is 19.1 Å². The molecule has 1 aromatic carbocycles. The van der Waals surface area contributed by atoms with Crippen molar-refractivity contribution in [3.8, 4) is 5.75 Å². The van der Waals surface area contributed by atoms with Crippen molar-refractivity contribution in [2.45, 2.75) is 64.1 Å². The zero-order valence-electron chi connectivity index (χ0n) is 16.3. The van der Waals surface area contributed by atoms with Gasteiger partial charge < -0.3 is 19.7 Å². The smallest absolute Gasteiger partial charge is 0.260 e. The third-order valence-corrected chi connectivity index (χ3v) is 5.47. The molecule has 0 radical (unpaired) electrons. The predicted octanol–water partition coefficient (Wildman–Crippen LogP) is 2.76. The molecule has 3 atom stereocenters. The van der Waals surface area contributed by atoms with Gasteiger partial charge in [-0.3, -0.25) is 9.59 Å². The average molecular weight is 374 g/mol. The monoisotopic (exact) mass is 374 g/mol. The second-order valence-corrected chi connectivity index (χ2v) is 7.59. The first-order valence-electron chi connectivity index (χ1n) is 9.98. The number of benzene rings is 1. The maximum Gasteiger partial charge on any atom is 0.260 e. The average Bonchev–Trinajstić information content (AvgIpc) is 3.18. The number of rotatable bonds is 6. The van der Waals surface area contributed by atoms with Crippen LogP contribution in [0.25, 0.3) is 0 Å². The molecule has 2 amide bonds. The molecule has 2 fully saturated rings. The second kappa shape index (κ2) is 9.22. The summed E-state index contributed by atoms with van der Waals surface area (Å²) < 4.78 is 11.2. The Morgan fingerprint density at radius 3 is 2.44 bits per heavy atom. The largest absolute Gasteiger partial charge is 0.484 e. The van der Waals surface area contributed by atoms with Gasteiger partial charge in [0.15, 0.2) is 6.61 Å². The number of piperidine rings is 1. The SMILES string of the molecule is C[C@@H]1CCC[C@H](C)N1C(=O)COc1ccc(C(=O)NC[C@H]2CCCO2)cc1. The van der Waals surface area contributed by atoms with E-state index in [1.54, 1.807) is 24.3 Å². The molecule has 2 saturated heterocycles. The Kier molecular flexibility index (Phi) is 6.72. The van der Waals surface area contributed by atoms with Crippen molar-refractivity contribution in [3.05, 3.63) is 29.8 Å². The molecule has 2 aliphatic heterocycles. The summed E-state index contributed by atoms with van der Waals surface area (Å²) in [5, 5.41) is 2.90. The Morgan fingerprint density at radius 2 is 1.81 bits per heavy atom. The highest BCUT2D eigenvalue weighted by Gasteiger charge is 2.29. The summed E-state index contributed by atoms with van der Waals surface area (Å²) in [5.41, 5.74) is 0.574. The van der Waals surface area contributed by atoms with Gasteiger partial charge in [0.25, 0.3) is 11.8 Å². The summed E-state index contributed by atoms with van der Waals surface area (Å²) in [7, 11) is 0. The Morgan fingerprint density at radius 1 is 1.11 bits per heavy atom. The topological polar surface area (TPSA) is 67.9 Å². The first-order valence-corrected chi connectivity index (χ1v) is 9.98. The third kappa shape index (κ3) is 5.22. The van der Waals surface area contributed by atoms with E-state index < -0.39 is 0 Å². The minimum atomic E-state index is -0.121. The molecule has 148 valence electrons. The maximum atomic E-state index is 12.5. The van der Waals surface area contributed by atoms with Gasteiger partial charge in [0, 0.05) is 30.8 Å². The predicted molar refractivity (Wildman–Crippen MR) is 103 cm³/mol. The van der Waals surface area contributed by atoms with E-state index in [2.05, 4.69) is 19.2 Å². The Labute approximate surface area is 161 Å². The van der Waals surface area contributed by atoms with E-state index in [0.717, 1.165) is 32.3 Å². The van der Waals surface area contributed by atoms with Crippen molar-refractivity contribution in [2.75, 3.05) is 19.8 Å². The summed E-state index contributed by atoms with van der Waals surface area (Å²) in [6, 6.07) is 7.43. The highest BCUT2D eigenvalue weighted by Crippen LogP contribution is 2.23. The van der Waals surface area contributed by atoms with Crippen LogP contribution in [0.4, 0.5) is 0 Å². The number of amides is 2. The maximum absolute atomic E-state index is 12.5. The van der Waals surface area contributed by atoms with Crippen LogP contribution < -0.4 is 10.1 Å². The lowest BCUT2D eigenvalue weighted by atomic mass is 9.97. The van der Waals surface area contributed by atoms with Crippen molar-refractivity contribution in [1.29, 1.82) is 0 Å². The van der Waals surface area contributed by atoms with E-state index in [-0.39, 0.29) is 36.6 Å². The molecular formula is C21H30N2O4. The Balaban J connectivity index is 1.47. The molecule has 3 rings (SSSR count). The molecular weight excluding hydrogens is 344 g/mol. The van der Waals surface area contributed by atoms with Crippen LogP contribution in [-0.2, 0) is 9.53 Å². The summed E-state index contributed by atoms with van der Waals surface area (Å²) in [4.78, 5) is 26.6. The van der Waals surface area contributed by atoms with E-state index in [1.807, 2.05) is 4.90 Å². The number of hydrogen-bond acceptors (Lipinski definition) is 4. The van der Waals surface area contributed by atoms with E-state index in [9.17, 15) is 9.59 Å². The molecule has 0 aromatic heterocycles. The molecule has 0 bridgehead atoms. The van der Waals surface area contributed by atoms with Crippen LogP contribution in [0.5, 0.6) is 5.75 Å². The van der Waals surface area contributed by atoms with Crippen LogP contribution in [0.3, 0.4) is 0 Å². The van der Waals surface area contributed by atoms with Gasteiger partial charge in [0.2, 0.25) is 0 Å². The van der Waals surface area contributed by atoms with Crippen LogP contribution >= 0.6 is 0 Å². The van der Waals surface area contributed by atoms with Crippen molar-refractivity contribution >= 4 is 11.8 Å². The van der Waals surface area contributed by atoms with Gasteiger partial charge in [0.1, 0.15) is 5.75 Å². The highest BCUT2D eigenvalue weighted by molar-refractivity contribution is 5.94. The number of hydrogen-bond donors (Lipinski definition) is 1. The minimum absolute atomic E-state index is 0.0214. The zero-order chi connectivity index (χ0) is 19.2. The van der Waals surface area contributed by atoms with Crippen LogP contribution in [0, 0.1) is 0 Å². The summed E-state index contributed by atoms with van der Waals surface area (Å²) >= 11 is 0. The molecule has 6 heteroatoms. The van der Waals surface area contributed by atoms with Crippen LogP contribution in [0.2, 0.25) is 0 Å². The number of ether oxygens (including phenoxy) is 2. The molecule has 0 saturated carbocycles. The van der Waals surface area contributed by atoms with Gasteiger partial charge in [-0.1, -0.05) is 0 Å². The first-order chi connectivity index (χ1) is 13.0.